The minimum atomic E-state index is -4.58. The summed E-state index contributed by atoms with van der Waals surface area (Å²) in [7, 11) is 1.27. The maximum absolute atomic E-state index is 12.8. The number of hydrogen-bond acceptors (Lipinski definition) is 10. The lowest BCUT2D eigenvalue weighted by molar-refractivity contribution is -0.870. The van der Waals surface area contributed by atoms with Crippen molar-refractivity contribution < 1.29 is 42.8 Å². The molecule has 0 aliphatic rings. The molecule has 1 amide bonds. The smallest absolute Gasteiger partial charge is 0.303 e. The zero-order valence-electron chi connectivity index (χ0n) is 56.2. The van der Waals surface area contributed by atoms with E-state index in [2.05, 4.69) is 55.7 Å². The Hall–Kier alpha value is -1.93. The van der Waals surface area contributed by atoms with E-state index in [4.69, 9.17) is 25.6 Å². The molecular weight excluding hydrogens is 1070 g/mol. The van der Waals surface area contributed by atoms with E-state index in [9.17, 15) is 24.2 Å². The topological polar surface area (TPSA) is 209 Å². The van der Waals surface area contributed by atoms with Crippen LogP contribution in [0.25, 0.3) is 0 Å². The first-order valence-electron chi connectivity index (χ1n) is 35.4. The summed E-state index contributed by atoms with van der Waals surface area (Å²) in [5.41, 5.74) is 10.8. The summed E-state index contributed by atoms with van der Waals surface area (Å²) < 4.78 is 23.1. The number of nitrogens with zero attached hydrogens (tertiary/aromatic N) is 1. The molecule has 0 aliphatic carbocycles. The molecule has 0 rings (SSSR count). The van der Waals surface area contributed by atoms with Gasteiger partial charge in [0.15, 0.2) is 0 Å². The van der Waals surface area contributed by atoms with Crippen LogP contribution in [0.15, 0.2) is 36.5 Å². The summed E-state index contributed by atoms with van der Waals surface area (Å²) in [6, 6.07) is -0.878. The average Bonchev–Trinajstić information content (AvgIpc) is 3.57. The predicted molar refractivity (Wildman–Crippen MR) is 360 cm³/mol. The van der Waals surface area contributed by atoms with Crippen molar-refractivity contribution in [2.45, 2.75) is 335 Å². The van der Waals surface area contributed by atoms with Gasteiger partial charge in [-0.05, 0) is 103 Å². The van der Waals surface area contributed by atoms with Crippen molar-refractivity contribution in [2.75, 3.05) is 67.1 Å². The number of unbranched alkanes of at least 4 members (excludes halogenated alkanes) is 38. The van der Waals surface area contributed by atoms with E-state index in [1.165, 1.54) is 218 Å². The highest BCUT2D eigenvalue weighted by Gasteiger charge is 2.23. The molecule has 0 aromatic carbocycles. The van der Waals surface area contributed by atoms with Crippen molar-refractivity contribution in [3.8, 4) is 0 Å². The van der Waals surface area contributed by atoms with Crippen molar-refractivity contribution in [1.29, 1.82) is 0 Å². The van der Waals surface area contributed by atoms with E-state index in [-0.39, 0.29) is 19.1 Å². The second-order valence-electron chi connectivity index (χ2n) is 24.9. The Labute approximate surface area is 520 Å². The van der Waals surface area contributed by atoms with E-state index >= 15 is 0 Å². The fourth-order valence-corrected chi connectivity index (χ4v) is 10.4. The number of allylic oxidation sites excluding steroid dienone is 5. The van der Waals surface area contributed by atoms with Crippen LogP contribution in [0, 0.1) is 0 Å². The third-order valence-corrected chi connectivity index (χ3v) is 16.2. The summed E-state index contributed by atoms with van der Waals surface area (Å²) >= 11 is 0. The Bertz CT molecular complexity index is 1470. The lowest BCUT2D eigenvalue weighted by atomic mass is 10.0. The van der Waals surface area contributed by atoms with Crippen molar-refractivity contribution in [2.24, 2.45) is 11.5 Å². The van der Waals surface area contributed by atoms with Gasteiger partial charge in [0.25, 0.3) is 7.82 Å². The summed E-state index contributed by atoms with van der Waals surface area (Å²) in [6.07, 6.45) is 67.9. The van der Waals surface area contributed by atoms with E-state index in [0.29, 0.717) is 23.9 Å². The lowest BCUT2D eigenvalue weighted by Crippen LogP contribution is -2.45. The summed E-state index contributed by atoms with van der Waals surface area (Å²) in [5, 5.41) is 25.6. The molecule has 0 aromatic rings. The van der Waals surface area contributed by atoms with Crippen LogP contribution in [-0.4, -0.2) is 106 Å². The average molecular weight is 1210 g/mol. The number of phosphoric acid groups is 1. The second kappa shape index (κ2) is 70.2. The number of aliphatic carboxylic acids is 1. The molecule has 0 spiro atoms. The monoisotopic (exact) mass is 1210 g/mol. The number of carboxylic acids is 1. The van der Waals surface area contributed by atoms with Crippen molar-refractivity contribution >= 4 is 19.7 Å². The number of hydrogen-bond donors (Lipinski definition) is 6. The van der Waals surface area contributed by atoms with Crippen LogP contribution >= 0.6 is 7.82 Å². The molecule has 0 saturated carbocycles. The van der Waals surface area contributed by atoms with Gasteiger partial charge in [0.1, 0.15) is 13.2 Å². The first kappa shape index (κ1) is 86.3. The van der Waals surface area contributed by atoms with Crippen LogP contribution in [0.3, 0.4) is 0 Å². The maximum atomic E-state index is 12.8. The maximum Gasteiger partial charge on any atom is 0.303 e. The fourth-order valence-electron chi connectivity index (χ4n) is 9.63. The van der Waals surface area contributed by atoms with Gasteiger partial charge >= 0.3 is 5.97 Å². The molecule has 8 N–H and O–H groups in total. The predicted octanol–water partition coefficient (Wildman–Crippen LogP) is 17.7. The molecule has 84 heavy (non-hydrogen) atoms. The number of carboxylic acid groups (broad SMARTS) is 1. The van der Waals surface area contributed by atoms with Crippen LogP contribution in [-0.2, 0) is 23.2 Å². The number of amides is 1. The number of rotatable bonds is 63. The van der Waals surface area contributed by atoms with Gasteiger partial charge in [-0.25, -0.2) is 0 Å². The Balaban J connectivity index is -0.00000156. The molecule has 0 fully saturated rings. The van der Waals surface area contributed by atoms with Crippen molar-refractivity contribution in [1.82, 2.24) is 10.6 Å². The van der Waals surface area contributed by atoms with Crippen molar-refractivity contribution in [3.05, 3.63) is 36.5 Å². The minimum absolute atomic E-state index is 0.00190. The molecule has 0 radical (unpaired) electrons. The van der Waals surface area contributed by atoms with Crippen LogP contribution in [0.5, 0.6) is 0 Å². The molecule has 500 valence electrons. The summed E-state index contributed by atoms with van der Waals surface area (Å²) in [4.78, 5) is 35.5. The standard InChI is InChI=1S/C41H83N2O6P.C18H32O2.C11H27N3/c1-6-8-10-12-14-16-18-20-21-23-25-27-29-31-33-35-41(45)42-39(38-49-50(46,47)48-37-36-43(3,4)5)40(44)34-32-30-28-26-24-22-19-17-15-13-11-9-7-2;1-2-3-4-5-6-7-8-9-10-11-12-13-14-15-16-17-18(19)20;12-8-5-3-1-2-4-6-10-14-11-7-9-13/h32,34,39-40,44H,6-31,33,35-38H2,1-5H3,(H-,42,45,46,47);6-7,9-10H,2-5,8,11-17H2,1H3,(H,19,20);14H,1-13H2/b34-32+;7-6-,10-9-;/t39-,40+;;/m0../s1. The van der Waals surface area contributed by atoms with Crippen LogP contribution in [0.4, 0.5) is 0 Å². The van der Waals surface area contributed by atoms with Crippen molar-refractivity contribution in [3.63, 3.8) is 0 Å². The summed E-state index contributed by atoms with van der Waals surface area (Å²) in [6.45, 7) is 10.7. The molecule has 0 aromatic heterocycles. The van der Waals surface area contributed by atoms with Gasteiger partial charge in [-0.1, -0.05) is 269 Å². The van der Waals surface area contributed by atoms with Gasteiger partial charge in [-0.15, -0.1) is 0 Å². The molecular formula is C70H142N5O8P. The molecule has 0 heterocycles. The third-order valence-electron chi connectivity index (χ3n) is 15.2. The fraction of sp³-hybridized carbons (Fsp3) is 0.886. The number of nitrogens with two attached hydrogens (primary N) is 2. The van der Waals surface area contributed by atoms with Gasteiger partial charge in [0.05, 0.1) is 39.9 Å². The molecule has 1 unspecified atom stereocenters. The molecule has 13 nitrogen and oxygen atoms in total. The van der Waals surface area contributed by atoms with Crippen LogP contribution < -0.4 is 27.0 Å². The lowest BCUT2D eigenvalue weighted by Gasteiger charge is -2.29. The number of aliphatic hydroxyl groups is 1. The van der Waals surface area contributed by atoms with Gasteiger partial charge in [0, 0.05) is 12.8 Å². The number of carbonyl (C=O) groups is 2. The molecule has 0 bridgehead atoms. The molecule has 14 heteroatoms. The molecule has 0 aliphatic heterocycles. The summed E-state index contributed by atoms with van der Waals surface area (Å²) in [5.74, 6) is -0.867. The van der Waals surface area contributed by atoms with E-state index in [1.807, 2.05) is 27.2 Å². The number of likely N-dealkylation sites (N-methyl/N-ethyl adjacent to an activating group) is 1. The molecule has 0 saturated heterocycles. The Morgan fingerprint density at radius 2 is 0.869 bits per heavy atom. The quantitative estimate of drug-likeness (QED) is 0.0146. The highest BCUT2D eigenvalue weighted by atomic mass is 31.2. The first-order valence-corrected chi connectivity index (χ1v) is 36.8. The SMILES string of the molecule is CCCCC/C=C\C/C=C\CCCCCCCC(=O)O.CCCCCCCCCCCCC/C=C/[C@@H](O)[C@H](COP(=O)([O-])OCC[N+](C)(C)C)NC(=O)CCCCCCCCCCCCCCCCC.NCCCCCCCCNCCCN. The number of quaternary nitrogens is 1. The van der Waals surface area contributed by atoms with Gasteiger partial charge in [-0.2, -0.15) is 0 Å². The van der Waals surface area contributed by atoms with E-state index in [1.54, 1.807) is 6.08 Å². The van der Waals surface area contributed by atoms with Gasteiger partial charge in [-0.3, -0.25) is 14.2 Å². The highest BCUT2D eigenvalue weighted by molar-refractivity contribution is 7.45. The number of phosphoric ester groups is 1. The number of aliphatic hydroxyl groups excluding tert-OH is 1. The minimum Gasteiger partial charge on any atom is -0.756 e. The first-order chi connectivity index (χ1) is 40.7. The number of nitrogens with one attached hydrogen (secondary N) is 2. The molecule has 3 atom stereocenters. The Morgan fingerprint density at radius 3 is 1.31 bits per heavy atom. The zero-order chi connectivity index (χ0) is 62.6. The Morgan fingerprint density at radius 1 is 0.500 bits per heavy atom. The largest absolute Gasteiger partial charge is 0.756 e. The van der Waals surface area contributed by atoms with E-state index < -0.39 is 25.9 Å². The normalized spacial score (nSPS) is 13.3. The Kier molecular flexibility index (Phi) is 72.1. The highest BCUT2D eigenvalue weighted by Crippen LogP contribution is 2.38. The van der Waals surface area contributed by atoms with Crippen LogP contribution in [0.2, 0.25) is 0 Å². The second-order valence-corrected chi connectivity index (χ2v) is 26.3. The van der Waals surface area contributed by atoms with Gasteiger partial charge in [0.2, 0.25) is 5.91 Å². The van der Waals surface area contributed by atoms with Crippen LogP contribution in [0.1, 0.15) is 323 Å². The van der Waals surface area contributed by atoms with E-state index in [0.717, 1.165) is 96.8 Å². The number of carbonyl (C=O) groups excluding carboxylic acids is 1. The third kappa shape index (κ3) is 78.1. The van der Waals surface area contributed by atoms with Gasteiger partial charge < -0.3 is 50.7 Å². The zero-order valence-corrected chi connectivity index (χ0v) is 57.1.